The van der Waals surface area contributed by atoms with Crippen molar-refractivity contribution in [2.45, 2.75) is 12.8 Å². The van der Waals surface area contributed by atoms with Crippen LogP contribution in [0.4, 0.5) is 0 Å². The van der Waals surface area contributed by atoms with Gasteiger partial charge in [0.15, 0.2) is 0 Å². The number of carbonyl (C=O) groups excluding carboxylic acids is 2. The summed E-state index contributed by atoms with van der Waals surface area (Å²) in [6, 6.07) is 0. The van der Waals surface area contributed by atoms with Gasteiger partial charge in [0.1, 0.15) is 5.69 Å². The molecule has 18 heavy (non-hydrogen) atoms. The highest BCUT2D eigenvalue weighted by molar-refractivity contribution is 7.09. The van der Waals surface area contributed by atoms with E-state index in [9.17, 15) is 9.59 Å². The van der Waals surface area contributed by atoms with Gasteiger partial charge in [0.25, 0.3) is 5.91 Å². The third-order valence-corrected chi connectivity index (χ3v) is 3.64. The fraction of sp³-hybridized carbons (Fsp3) is 0.545. The number of hydrogen-bond acceptors (Lipinski definition) is 5. The Balaban J connectivity index is 2.02. The number of nitrogens with two attached hydrogens (primary N) is 1. The fourth-order valence-electron chi connectivity index (χ4n) is 1.78. The van der Waals surface area contributed by atoms with Gasteiger partial charge in [-0.15, -0.1) is 11.3 Å². The molecule has 0 saturated carbocycles. The molecule has 6 nitrogen and oxygen atoms in total. The molecule has 0 spiro atoms. The van der Waals surface area contributed by atoms with Gasteiger partial charge in [-0.25, -0.2) is 4.98 Å². The Bertz CT molecular complexity index is 446. The molecule has 1 aromatic heterocycles. The molecule has 0 aromatic carbocycles. The van der Waals surface area contributed by atoms with E-state index < -0.39 is 0 Å². The van der Waals surface area contributed by atoms with Crippen molar-refractivity contribution >= 4 is 23.2 Å². The Morgan fingerprint density at radius 2 is 2.39 bits per heavy atom. The highest BCUT2D eigenvalue weighted by Gasteiger charge is 2.21. The average Bonchev–Trinajstić information content (AvgIpc) is 2.71. The van der Waals surface area contributed by atoms with Crippen molar-refractivity contribution in [3.63, 3.8) is 0 Å². The minimum Gasteiger partial charge on any atom is -0.354 e. The summed E-state index contributed by atoms with van der Waals surface area (Å²) in [7, 11) is 0. The molecule has 98 valence electrons. The molecule has 1 aliphatic heterocycles. The first-order valence-corrected chi connectivity index (χ1v) is 6.79. The summed E-state index contributed by atoms with van der Waals surface area (Å²) in [5, 5.41) is 5.38. The fourth-order valence-corrected chi connectivity index (χ4v) is 2.57. The predicted molar refractivity (Wildman–Crippen MR) is 68.4 cm³/mol. The second-order valence-electron chi connectivity index (χ2n) is 4.06. The molecule has 7 heteroatoms. The van der Waals surface area contributed by atoms with E-state index in [1.165, 1.54) is 11.3 Å². The summed E-state index contributed by atoms with van der Waals surface area (Å²) in [5.74, 6) is -0.113. The van der Waals surface area contributed by atoms with Crippen LogP contribution < -0.4 is 11.1 Å². The van der Waals surface area contributed by atoms with E-state index in [0.717, 1.165) is 5.01 Å². The molecule has 2 amide bonds. The van der Waals surface area contributed by atoms with Gasteiger partial charge in [-0.3, -0.25) is 9.59 Å². The zero-order valence-electron chi connectivity index (χ0n) is 10.0. The smallest absolute Gasteiger partial charge is 0.273 e. The molecule has 1 saturated heterocycles. The van der Waals surface area contributed by atoms with E-state index in [4.69, 9.17) is 5.73 Å². The minimum atomic E-state index is -0.106. The monoisotopic (exact) mass is 268 g/mol. The van der Waals surface area contributed by atoms with Crippen molar-refractivity contribution in [3.8, 4) is 0 Å². The number of aromatic nitrogens is 1. The Morgan fingerprint density at radius 3 is 3.17 bits per heavy atom. The van der Waals surface area contributed by atoms with Crippen molar-refractivity contribution in [1.29, 1.82) is 0 Å². The summed E-state index contributed by atoms with van der Waals surface area (Å²) in [6.45, 7) is 2.02. The number of nitrogens with zero attached hydrogens (tertiary/aromatic N) is 2. The number of amides is 2. The number of carbonyl (C=O) groups is 2. The standard InChI is InChI=1S/C11H16N4O2S/c12-3-1-10-14-8(7-18-10)11(17)15-5-2-9(16)13-4-6-15/h7H,1-6,12H2,(H,13,16). The van der Waals surface area contributed by atoms with Crippen LogP contribution in [0.25, 0.3) is 0 Å². The van der Waals surface area contributed by atoms with E-state index in [-0.39, 0.29) is 11.8 Å². The molecule has 0 aliphatic carbocycles. The van der Waals surface area contributed by atoms with Gasteiger partial charge in [0, 0.05) is 37.9 Å². The third kappa shape index (κ3) is 3.05. The maximum Gasteiger partial charge on any atom is 0.273 e. The van der Waals surface area contributed by atoms with Crippen molar-refractivity contribution in [2.24, 2.45) is 5.73 Å². The quantitative estimate of drug-likeness (QED) is 0.781. The molecule has 0 bridgehead atoms. The summed E-state index contributed by atoms with van der Waals surface area (Å²) in [6.07, 6.45) is 1.05. The van der Waals surface area contributed by atoms with Crippen LogP contribution in [-0.2, 0) is 11.2 Å². The molecule has 1 aromatic rings. The lowest BCUT2D eigenvalue weighted by Crippen LogP contribution is -2.34. The second kappa shape index (κ2) is 5.92. The van der Waals surface area contributed by atoms with Crippen molar-refractivity contribution in [2.75, 3.05) is 26.2 Å². The van der Waals surface area contributed by atoms with Gasteiger partial charge in [-0.1, -0.05) is 0 Å². The molecular formula is C11H16N4O2S. The maximum atomic E-state index is 12.2. The normalized spacial score (nSPS) is 16.3. The van der Waals surface area contributed by atoms with Crippen molar-refractivity contribution in [3.05, 3.63) is 16.1 Å². The van der Waals surface area contributed by atoms with Crippen LogP contribution in [0.15, 0.2) is 5.38 Å². The molecule has 0 atom stereocenters. The highest BCUT2D eigenvalue weighted by Crippen LogP contribution is 2.13. The molecule has 1 fully saturated rings. The molecule has 3 N–H and O–H groups in total. The van der Waals surface area contributed by atoms with E-state index >= 15 is 0 Å². The minimum absolute atomic E-state index is 0.00704. The molecule has 2 rings (SSSR count). The topological polar surface area (TPSA) is 88.3 Å². The molecular weight excluding hydrogens is 252 g/mol. The largest absolute Gasteiger partial charge is 0.354 e. The van der Waals surface area contributed by atoms with E-state index in [1.807, 2.05) is 0 Å². The van der Waals surface area contributed by atoms with Crippen LogP contribution in [0.3, 0.4) is 0 Å². The number of nitrogens with one attached hydrogen (secondary N) is 1. The van der Waals surface area contributed by atoms with Gasteiger partial charge < -0.3 is 16.0 Å². The van der Waals surface area contributed by atoms with E-state index in [0.29, 0.717) is 44.7 Å². The van der Waals surface area contributed by atoms with E-state index in [2.05, 4.69) is 10.3 Å². The van der Waals surface area contributed by atoms with Crippen LogP contribution >= 0.6 is 11.3 Å². The first-order valence-electron chi connectivity index (χ1n) is 5.91. The second-order valence-corrected chi connectivity index (χ2v) is 5.00. The van der Waals surface area contributed by atoms with Gasteiger partial charge in [0.05, 0.1) is 5.01 Å². The zero-order chi connectivity index (χ0) is 13.0. The van der Waals surface area contributed by atoms with Gasteiger partial charge >= 0.3 is 0 Å². The lowest BCUT2D eigenvalue weighted by molar-refractivity contribution is -0.120. The first-order chi connectivity index (χ1) is 8.70. The van der Waals surface area contributed by atoms with Crippen molar-refractivity contribution in [1.82, 2.24) is 15.2 Å². The lowest BCUT2D eigenvalue weighted by Gasteiger charge is -2.17. The van der Waals surface area contributed by atoms with Crippen molar-refractivity contribution < 1.29 is 9.59 Å². The Kier molecular flexibility index (Phi) is 4.27. The van der Waals surface area contributed by atoms with Crippen LogP contribution in [-0.4, -0.2) is 47.9 Å². The Hall–Kier alpha value is -1.47. The average molecular weight is 268 g/mol. The van der Waals surface area contributed by atoms with Crippen LogP contribution in [0.1, 0.15) is 21.9 Å². The maximum absolute atomic E-state index is 12.2. The Morgan fingerprint density at radius 1 is 1.56 bits per heavy atom. The van der Waals surface area contributed by atoms with Gasteiger partial charge in [-0.05, 0) is 6.54 Å². The predicted octanol–water partition coefficient (Wildman–Crippen LogP) is -0.394. The van der Waals surface area contributed by atoms with Gasteiger partial charge in [0.2, 0.25) is 5.91 Å². The number of hydrogen-bond donors (Lipinski definition) is 2. The zero-order valence-corrected chi connectivity index (χ0v) is 10.8. The lowest BCUT2D eigenvalue weighted by atomic mass is 10.3. The third-order valence-electron chi connectivity index (χ3n) is 2.73. The molecule has 0 radical (unpaired) electrons. The summed E-state index contributed by atoms with van der Waals surface area (Å²) < 4.78 is 0. The van der Waals surface area contributed by atoms with E-state index in [1.54, 1.807) is 10.3 Å². The van der Waals surface area contributed by atoms with Gasteiger partial charge in [-0.2, -0.15) is 0 Å². The highest BCUT2D eigenvalue weighted by atomic mass is 32.1. The molecule has 0 unspecified atom stereocenters. The summed E-state index contributed by atoms with van der Waals surface area (Å²) in [5.41, 5.74) is 5.91. The van der Waals surface area contributed by atoms with Crippen LogP contribution in [0.5, 0.6) is 0 Å². The SMILES string of the molecule is NCCc1nc(C(=O)N2CCNC(=O)CC2)cs1. The molecule has 1 aliphatic rings. The van der Waals surface area contributed by atoms with Crippen LogP contribution in [0, 0.1) is 0 Å². The number of thiazole rings is 1. The summed E-state index contributed by atoms with van der Waals surface area (Å²) in [4.78, 5) is 29.3. The first kappa shape index (κ1) is 13.0. The molecule has 2 heterocycles. The summed E-state index contributed by atoms with van der Waals surface area (Å²) >= 11 is 1.45. The number of rotatable bonds is 3. The Labute approximate surface area is 109 Å². The van der Waals surface area contributed by atoms with Crippen LogP contribution in [0.2, 0.25) is 0 Å².